The fraction of sp³-hybridized carbons (Fsp3) is 0.727. The number of nitrogens with one attached hydrogen (secondary N) is 2. The Balaban J connectivity index is 3.65. The lowest BCUT2D eigenvalue weighted by atomic mass is 10.1. The van der Waals surface area contributed by atoms with Crippen LogP contribution >= 0.6 is 0 Å². The molecule has 0 aromatic carbocycles. The summed E-state index contributed by atoms with van der Waals surface area (Å²) in [7, 11) is 0. The topological polar surface area (TPSA) is 122 Å². The largest absolute Gasteiger partial charge is 0.481 e. The van der Waals surface area contributed by atoms with Crippen LogP contribution < -0.4 is 16.4 Å². The molecule has 18 heavy (non-hydrogen) atoms. The predicted molar refractivity (Wildman–Crippen MR) is 65.8 cm³/mol. The number of carbonyl (C=O) groups is 3. The summed E-state index contributed by atoms with van der Waals surface area (Å²) in [6.45, 7) is 3.70. The first kappa shape index (κ1) is 16.2. The maximum absolute atomic E-state index is 11.3. The summed E-state index contributed by atoms with van der Waals surface area (Å²) in [6, 6.07) is -0.702. The number of carboxylic acids is 1. The van der Waals surface area contributed by atoms with Gasteiger partial charge in [0.15, 0.2) is 0 Å². The molecular weight excluding hydrogens is 238 g/mol. The molecule has 0 aliphatic heterocycles. The van der Waals surface area contributed by atoms with E-state index in [-0.39, 0.29) is 18.5 Å². The minimum Gasteiger partial charge on any atom is -0.481 e. The Hall–Kier alpha value is -1.79. The zero-order valence-corrected chi connectivity index (χ0v) is 10.7. The third-order valence-corrected chi connectivity index (χ3v) is 2.41. The maximum Gasteiger partial charge on any atom is 0.315 e. The minimum atomic E-state index is -0.838. The Morgan fingerprint density at radius 1 is 1.28 bits per heavy atom. The number of carbonyl (C=O) groups excluding carboxylic acids is 2. The Kier molecular flexibility index (Phi) is 7.50. The van der Waals surface area contributed by atoms with Crippen LogP contribution in [0.5, 0.6) is 0 Å². The van der Waals surface area contributed by atoms with Gasteiger partial charge in [0.05, 0.1) is 5.92 Å². The van der Waals surface area contributed by atoms with Crippen LogP contribution in [0.15, 0.2) is 0 Å². The molecule has 0 bridgehead atoms. The van der Waals surface area contributed by atoms with Crippen LogP contribution in [0.4, 0.5) is 4.79 Å². The van der Waals surface area contributed by atoms with Crippen molar-refractivity contribution in [2.75, 3.05) is 6.54 Å². The van der Waals surface area contributed by atoms with Crippen LogP contribution in [0.3, 0.4) is 0 Å². The molecular formula is C11H21N3O4. The van der Waals surface area contributed by atoms with E-state index in [1.807, 2.05) is 0 Å². The van der Waals surface area contributed by atoms with E-state index in [9.17, 15) is 14.4 Å². The van der Waals surface area contributed by atoms with E-state index in [2.05, 4.69) is 10.6 Å². The van der Waals surface area contributed by atoms with E-state index < -0.39 is 17.8 Å². The Morgan fingerprint density at radius 2 is 1.89 bits per heavy atom. The predicted octanol–water partition coefficient (Wildman–Crippen LogP) is 0.0504. The highest BCUT2D eigenvalue weighted by molar-refractivity contribution is 5.77. The summed E-state index contributed by atoms with van der Waals surface area (Å²) in [4.78, 5) is 32.4. The fourth-order valence-electron chi connectivity index (χ4n) is 1.36. The number of hydrogen-bond donors (Lipinski definition) is 4. The number of carboxylic acid groups (broad SMARTS) is 1. The monoisotopic (exact) mass is 259 g/mol. The lowest BCUT2D eigenvalue weighted by Crippen LogP contribution is -2.42. The molecule has 0 radical (unpaired) electrons. The highest BCUT2D eigenvalue weighted by Gasteiger charge is 2.11. The molecule has 0 fully saturated rings. The quantitative estimate of drug-likeness (QED) is 0.460. The summed E-state index contributed by atoms with van der Waals surface area (Å²) in [6.07, 6.45) is 1.18. The number of primary amides is 1. The van der Waals surface area contributed by atoms with Gasteiger partial charge in [-0.1, -0.05) is 6.92 Å². The molecule has 0 rings (SSSR count). The van der Waals surface area contributed by atoms with Crippen molar-refractivity contribution in [3.63, 3.8) is 0 Å². The summed E-state index contributed by atoms with van der Waals surface area (Å²) in [5.41, 5.74) is 4.99. The second-order valence-corrected chi connectivity index (χ2v) is 4.35. The van der Waals surface area contributed by atoms with Gasteiger partial charge in [0, 0.05) is 19.0 Å². The third-order valence-electron chi connectivity index (χ3n) is 2.41. The lowest BCUT2D eigenvalue weighted by molar-refractivity contribution is -0.141. The minimum absolute atomic E-state index is 0.0868. The lowest BCUT2D eigenvalue weighted by Gasteiger charge is -2.13. The van der Waals surface area contributed by atoms with E-state index >= 15 is 0 Å². The number of urea groups is 1. The second kappa shape index (κ2) is 8.32. The molecule has 104 valence electrons. The second-order valence-electron chi connectivity index (χ2n) is 4.35. The highest BCUT2D eigenvalue weighted by Crippen LogP contribution is 2.04. The van der Waals surface area contributed by atoms with Crippen LogP contribution in [-0.4, -0.2) is 35.6 Å². The number of amides is 3. The molecule has 0 aliphatic carbocycles. The van der Waals surface area contributed by atoms with Gasteiger partial charge in [-0.25, -0.2) is 4.79 Å². The average molecular weight is 259 g/mol. The summed E-state index contributed by atoms with van der Waals surface area (Å²) in [5.74, 6) is -1.73. The zero-order chi connectivity index (χ0) is 14.1. The van der Waals surface area contributed by atoms with Gasteiger partial charge < -0.3 is 21.5 Å². The molecule has 2 atom stereocenters. The Labute approximate surface area is 106 Å². The zero-order valence-electron chi connectivity index (χ0n) is 10.7. The molecule has 0 spiro atoms. The number of rotatable bonds is 8. The van der Waals surface area contributed by atoms with E-state index in [0.29, 0.717) is 19.4 Å². The van der Waals surface area contributed by atoms with E-state index in [1.54, 1.807) is 13.8 Å². The molecule has 0 saturated carbocycles. The van der Waals surface area contributed by atoms with Crippen molar-refractivity contribution < 1.29 is 19.5 Å². The number of nitrogens with two attached hydrogens (primary N) is 1. The first-order valence-corrected chi connectivity index (χ1v) is 5.88. The SMILES string of the molecule is CC(CC(N)=O)NC(=O)NCCCC(C)C(=O)O. The van der Waals surface area contributed by atoms with Gasteiger partial charge in [-0.05, 0) is 19.8 Å². The van der Waals surface area contributed by atoms with Gasteiger partial charge in [0.1, 0.15) is 0 Å². The van der Waals surface area contributed by atoms with Crippen LogP contribution in [0.25, 0.3) is 0 Å². The van der Waals surface area contributed by atoms with Crippen molar-refractivity contribution in [1.82, 2.24) is 10.6 Å². The number of hydrogen-bond acceptors (Lipinski definition) is 3. The summed E-state index contributed by atoms with van der Waals surface area (Å²) >= 11 is 0. The molecule has 0 aliphatic rings. The Bertz CT molecular complexity index is 307. The Morgan fingerprint density at radius 3 is 2.39 bits per heavy atom. The van der Waals surface area contributed by atoms with Crippen molar-refractivity contribution in [2.24, 2.45) is 11.7 Å². The van der Waals surface area contributed by atoms with E-state index in [0.717, 1.165) is 0 Å². The van der Waals surface area contributed by atoms with E-state index in [4.69, 9.17) is 10.8 Å². The molecule has 2 unspecified atom stereocenters. The van der Waals surface area contributed by atoms with Crippen molar-refractivity contribution in [1.29, 1.82) is 0 Å². The molecule has 3 amide bonds. The standard InChI is InChI=1S/C11H21N3O4/c1-7(10(16)17)4-3-5-13-11(18)14-8(2)6-9(12)15/h7-8H,3-6H2,1-2H3,(H2,12,15)(H,16,17)(H2,13,14,18). The van der Waals surface area contributed by atoms with E-state index in [1.165, 1.54) is 0 Å². The molecule has 0 heterocycles. The fourth-order valence-corrected chi connectivity index (χ4v) is 1.36. The van der Waals surface area contributed by atoms with Gasteiger partial charge in [0.25, 0.3) is 0 Å². The van der Waals surface area contributed by atoms with Crippen LogP contribution in [0.1, 0.15) is 33.1 Å². The molecule has 5 N–H and O–H groups in total. The van der Waals surface area contributed by atoms with Crippen molar-refractivity contribution >= 4 is 17.9 Å². The summed E-state index contributed by atoms with van der Waals surface area (Å²) in [5, 5.41) is 13.8. The highest BCUT2D eigenvalue weighted by atomic mass is 16.4. The average Bonchev–Trinajstić information content (AvgIpc) is 2.22. The molecule has 7 heteroatoms. The third kappa shape index (κ3) is 8.37. The van der Waals surface area contributed by atoms with Crippen molar-refractivity contribution in [3.05, 3.63) is 0 Å². The van der Waals surface area contributed by atoms with Crippen LogP contribution in [-0.2, 0) is 9.59 Å². The summed E-state index contributed by atoms with van der Waals surface area (Å²) < 4.78 is 0. The molecule has 0 aromatic heterocycles. The van der Waals surface area contributed by atoms with Gasteiger partial charge in [0.2, 0.25) is 5.91 Å². The van der Waals surface area contributed by atoms with Gasteiger partial charge in [-0.3, -0.25) is 9.59 Å². The van der Waals surface area contributed by atoms with Gasteiger partial charge in [-0.2, -0.15) is 0 Å². The normalized spacial score (nSPS) is 13.4. The maximum atomic E-state index is 11.3. The van der Waals surface area contributed by atoms with Crippen LogP contribution in [0, 0.1) is 5.92 Å². The molecule has 7 nitrogen and oxygen atoms in total. The molecule has 0 saturated heterocycles. The van der Waals surface area contributed by atoms with Crippen molar-refractivity contribution in [2.45, 2.75) is 39.2 Å². The first-order chi connectivity index (χ1) is 8.32. The first-order valence-electron chi connectivity index (χ1n) is 5.88. The van der Waals surface area contributed by atoms with Gasteiger partial charge in [-0.15, -0.1) is 0 Å². The smallest absolute Gasteiger partial charge is 0.315 e. The number of aliphatic carboxylic acids is 1. The molecule has 0 aromatic rings. The van der Waals surface area contributed by atoms with Crippen LogP contribution in [0.2, 0.25) is 0 Å². The van der Waals surface area contributed by atoms with Crippen molar-refractivity contribution in [3.8, 4) is 0 Å². The van der Waals surface area contributed by atoms with Gasteiger partial charge >= 0.3 is 12.0 Å².